The number of likely N-dealkylation sites (tertiary alicyclic amines) is 2. The van der Waals surface area contributed by atoms with E-state index >= 15 is 0 Å². The van der Waals surface area contributed by atoms with E-state index in [9.17, 15) is 9.59 Å². The predicted octanol–water partition coefficient (Wildman–Crippen LogP) is 0.455. The minimum absolute atomic E-state index is 0.0391. The molecule has 0 saturated carbocycles. The van der Waals surface area contributed by atoms with E-state index in [4.69, 9.17) is 0 Å². The predicted molar refractivity (Wildman–Crippen MR) is 76.1 cm³/mol. The van der Waals surface area contributed by atoms with Gasteiger partial charge in [-0.25, -0.2) is 0 Å². The molecule has 3 heterocycles. The molecule has 3 saturated heterocycles. The third-order valence-corrected chi connectivity index (χ3v) is 5.10. The summed E-state index contributed by atoms with van der Waals surface area (Å²) in [6.07, 6.45) is 4.45. The highest BCUT2D eigenvalue weighted by atomic mass is 16.2. The molecule has 1 N–H and O–H groups in total. The van der Waals surface area contributed by atoms with Crippen molar-refractivity contribution in [2.45, 2.75) is 38.1 Å². The summed E-state index contributed by atoms with van der Waals surface area (Å²) in [7, 11) is 2.16. The Morgan fingerprint density at radius 2 is 1.95 bits per heavy atom. The molecular weight excluding hydrogens is 254 g/mol. The van der Waals surface area contributed by atoms with Gasteiger partial charge in [0.2, 0.25) is 11.8 Å². The van der Waals surface area contributed by atoms with Crippen LogP contribution in [0, 0.1) is 11.8 Å². The minimum atomic E-state index is -0.275. The van der Waals surface area contributed by atoms with Gasteiger partial charge in [-0.3, -0.25) is 9.59 Å². The zero-order chi connectivity index (χ0) is 14.1. The molecule has 0 aliphatic carbocycles. The summed E-state index contributed by atoms with van der Waals surface area (Å²) in [6.45, 7) is 4.01. The van der Waals surface area contributed by atoms with Gasteiger partial charge in [0.05, 0.1) is 0 Å². The molecule has 0 bridgehead atoms. The van der Waals surface area contributed by atoms with E-state index in [0.717, 1.165) is 45.4 Å². The zero-order valence-electron chi connectivity index (χ0n) is 12.3. The topological polar surface area (TPSA) is 52.7 Å². The Bertz CT molecular complexity index is 399. The molecule has 5 heteroatoms. The first-order chi connectivity index (χ1) is 9.63. The molecular formula is C15H25N3O2. The fraction of sp³-hybridized carbons (Fsp3) is 0.867. The normalized spacial score (nSPS) is 35.4. The zero-order valence-corrected chi connectivity index (χ0v) is 12.3. The average molecular weight is 279 g/mol. The Morgan fingerprint density at radius 3 is 2.80 bits per heavy atom. The smallest absolute Gasteiger partial charge is 0.245 e. The second-order valence-corrected chi connectivity index (χ2v) is 6.68. The van der Waals surface area contributed by atoms with Crippen molar-refractivity contribution in [3.63, 3.8) is 0 Å². The summed E-state index contributed by atoms with van der Waals surface area (Å²) >= 11 is 0. The van der Waals surface area contributed by atoms with Crippen LogP contribution in [0.2, 0.25) is 0 Å². The van der Waals surface area contributed by atoms with E-state index < -0.39 is 0 Å². The van der Waals surface area contributed by atoms with Crippen molar-refractivity contribution >= 4 is 11.8 Å². The molecule has 5 nitrogen and oxygen atoms in total. The number of nitrogens with one attached hydrogen (secondary N) is 1. The lowest BCUT2D eigenvalue weighted by atomic mass is 9.89. The number of nitrogens with zero attached hydrogens (tertiary/aromatic N) is 2. The van der Waals surface area contributed by atoms with Crippen LogP contribution in [0.15, 0.2) is 0 Å². The van der Waals surface area contributed by atoms with Crippen LogP contribution in [-0.2, 0) is 9.59 Å². The fourth-order valence-electron chi connectivity index (χ4n) is 3.91. The minimum Gasteiger partial charge on any atom is -0.344 e. The van der Waals surface area contributed by atoms with Crippen LogP contribution in [0.4, 0.5) is 0 Å². The SMILES string of the molecule is CN1CC[C@H]2CN(C(=O)[C@@H]3CCCCC(=O)N3)C[C@H]2C1. The van der Waals surface area contributed by atoms with Crippen molar-refractivity contribution in [1.29, 1.82) is 0 Å². The highest BCUT2D eigenvalue weighted by Crippen LogP contribution is 2.31. The number of hydrogen-bond acceptors (Lipinski definition) is 3. The van der Waals surface area contributed by atoms with E-state index in [1.165, 1.54) is 6.42 Å². The van der Waals surface area contributed by atoms with Crippen LogP contribution >= 0.6 is 0 Å². The molecule has 3 aliphatic heterocycles. The number of hydrogen-bond donors (Lipinski definition) is 1. The first kappa shape index (κ1) is 13.9. The van der Waals surface area contributed by atoms with Gasteiger partial charge in [0.1, 0.15) is 6.04 Å². The second-order valence-electron chi connectivity index (χ2n) is 6.68. The van der Waals surface area contributed by atoms with Crippen LogP contribution in [0.25, 0.3) is 0 Å². The van der Waals surface area contributed by atoms with Crippen LogP contribution in [0.5, 0.6) is 0 Å². The Morgan fingerprint density at radius 1 is 1.15 bits per heavy atom. The molecule has 3 atom stereocenters. The van der Waals surface area contributed by atoms with Gasteiger partial charge >= 0.3 is 0 Å². The second kappa shape index (κ2) is 5.72. The Hall–Kier alpha value is -1.10. The van der Waals surface area contributed by atoms with Gasteiger partial charge in [-0.2, -0.15) is 0 Å². The lowest BCUT2D eigenvalue weighted by Gasteiger charge is -2.31. The maximum atomic E-state index is 12.6. The fourth-order valence-corrected chi connectivity index (χ4v) is 3.91. The number of rotatable bonds is 1. The summed E-state index contributed by atoms with van der Waals surface area (Å²) in [5, 5.41) is 2.91. The number of carbonyl (C=O) groups is 2. The van der Waals surface area contributed by atoms with E-state index in [1.807, 2.05) is 4.90 Å². The Balaban J connectivity index is 1.61. The van der Waals surface area contributed by atoms with Gasteiger partial charge < -0.3 is 15.1 Å². The number of carbonyl (C=O) groups excluding carboxylic acids is 2. The maximum absolute atomic E-state index is 12.6. The molecule has 0 spiro atoms. The van der Waals surface area contributed by atoms with E-state index in [2.05, 4.69) is 17.3 Å². The molecule has 0 unspecified atom stereocenters. The van der Waals surface area contributed by atoms with Crippen molar-refractivity contribution in [2.75, 3.05) is 33.2 Å². The standard InChI is InChI=1S/C15H25N3O2/c1-17-7-6-11-9-18(10-12(11)8-17)15(20)13-4-2-3-5-14(19)16-13/h11-13H,2-10H2,1H3,(H,16,19)/t11-,12+,13-/m0/s1. The van der Waals surface area contributed by atoms with Gasteiger partial charge in [-0.15, -0.1) is 0 Å². The first-order valence-corrected chi connectivity index (χ1v) is 7.90. The largest absolute Gasteiger partial charge is 0.344 e. The molecule has 3 rings (SSSR count). The van der Waals surface area contributed by atoms with Gasteiger partial charge in [-0.1, -0.05) is 6.42 Å². The van der Waals surface area contributed by atoms with Crippen LogP contribution < -0.4 is 5.32 Å². The summed E-state index contributed by atoms with van der Waals surface area (Å²) in [6, 6.07) is -0.275. The van der Waals surface area contributed by atoms with Crippen molar-refractivity contribution < 1.29 is 9.59 Å². The quantitative estimate of drug-likeness (QED) is 0.758. The van der Waals surface area contributed by atoms with Crippen molar-refractivity contribution in [3.8, 4) is 0 Å². The van der Waals surface area contributed by atoms with Crippen molar-refractivity contribution in [3.05, 3.63) is 0 Å². The molecule has 2 amide bonds. The number of amides is 2. The van der Waals surface area contributed by atoms with Crippen LogP contribution in [-0.4, -0.2) is 60.9 Å². The van der Waals surface area contributed by atoms with Gasteiger partial charge in [0, 0.05) is 26.1 Å². The monoisotopic (exact) mass is 279 g/mol. The molecule has 0 aromatic heterocycles. The highest BCUT2D eigenvalue weighted by molar-refractivity contribution is 5.88. The number of piperidine rings is 1. The Labute approximate surface area is 120 Å². The summed E-state index contributed by atoms with van der Waals surface area (Å²) < 4.78 is 0. The molecule has 3 aliphatic rings. The van der Waals surface area contributed by atoms with E-state index in [0.29, 0.717) is 18.3 Å². The summed E-state index contributed by atoms with van der Waals surface area (Å²) in [5.74, 6) is 1.48. The molecule has 0 radical (unpaired) electrons. The lowest BCUT2D eigenvalue weighted by molar-refractivity contribution is -0.135. The summed E-state index contributed by atoms with van der Waals surface area (Å²) in [4.78, 5) is 28.6. The molecule has 20 heavy (non-hydrogen) atoms. The van der Waals surface area contributed by atoms with E-state index in [-0.39, 0.29) is 17.9 Å². The molecule has 3 fully saturated rings. The third-order valence-electron chi connectivity index (χ3n) is 5.10. The summed E-state index contributed by atoms with van der Waals surface area (Å²) in [5.41, 5.74) is 0. The Kier molecular flexibility index (Phi) is 3.96. The molecule has 112 valence electrons. The van der Waals surface area contributed by atoms with Crippen LogP contribution in [0.1, 0.15) is 32.1 Å². The lowest BCUT2D eigenvalue weighted by Crippen LogP contribution is -2.47. The van der Waals surface area contributed by atoms with Crippen LogP contribution in [0.3, 0.4) is 0 Å². The molecule has 0 aromatic carbocycles. The van der Waals surface area contributed by atoms with Gasteiger partial charge in [-0.05, 0) is 44.7 Å². The molecule has 0 aromatic rings. The first-order valence-electron chi connectivity index (χ1n) is 7.90. The maximum Gasteiger partial charge on any atom is 0.245 e. The highest BCUT2D eigenvalue weighted by Gasteiger charge is 2.40. The van der Waals surface area contributed by atoms with Crippen molar-refractivity contribution in [1.82, 2.24) is 15.1 Å². The average Bonchev–Trinajstić information content (AvgIpc) is 2.71. The van der Waals surface area contributed by atoms with Gasteiger partial charge in [0.25, 0.3) is 0 Å². The van der Waals surface area contributed by atoms with Crippen molar-refractivity contribution in [2.24, 2.45) is 11.8 Å². The third kappa shape index (κ3) is 2.82. The van der Waals surface area contributed by atoms with E-state index in [1.54, 1.807) is 0 Å². The van der Waals surface area contributed by atoms with Gasteiger partial charge in [0.15, 0.2) is 0 Å². The number of fused-ring (bicyclic) bond motifs is 1.